The zero-order valence-corrected chi connectivity index (χ0v) is 13.1. The van der Waals surface area contributed by atoms with Crippen molar-refractivity contribution in [3.8, 4) is 0 Å². The van der Waals surface area contributed by atoms with Crippen molar-refractivity contribution < 1.29 is 0 Å². The molecule has 1 aliphatic heterocycles. The molecule has 7 nitrogen and oxygen atoms in total. The number of piperazine rings is 1. The number of imidazole rings is 1. The Balaban J connectivity index is 2.18. The summed E-state index contributed by atoms with van der Waals surface area (Å²) in [7, 11) is 0. The summed E-state index contributed by atoms with van der Waals surface area (Å²) in [5.74, 6) is 0.766. The number of nitrogens with one attached hydrogen (secondary N) is 1. The van der Waals surface area contributed by atoms with Crippen LogP contribution in [0.15, 0.2) is 11.1 Å². The molecule has 21 heavy (non-hydrogen) atoms. The number of hydrogen-bond donors (Lipinski definition) is 1. The van der Waals surface area contributed by atoms with Gasteiger partial charge in [-0.05, 0) is 27.7 Å². The lowest BCUT2D eigenvalue weighted by atomic mass is 10.1. The zero-order valence-electron chi connectivity index (χ0n) is 13.1. The van der Waals surface area contributed by atoms with Crippen LogP contribution in [0.2, 0.25) is 0 Å². The Hall–Kier alpha value is -1.89. The SMILES string of the molecule is Cc1nc(N2CCNCC2)n2ncn(C(C)(C)C)c(=O)c12. The van der Waals surface area contributed by atoms with Gasteiger partial charge in [-0.2, -0.15) is 9.61 Å². The molecule has 0 aromatic carbocycles. The Labute approximate surface area is 123 Å². The van der Waals surface area contributed by atoms with E-state index in [9.17, 15) is 4.79 Å². The van der Waals surface area contributed by atoms with Gasteiger partial charge in [0.25, 0.3) is 5.56 Å². The summed E-state index contributed by atoms with van der Waals surface area (Å²) in [6.07, 6.45) is 1.61. The molecule has 1 fully saturated rings. The maximum Gasteiger partial charge on any atom is 0.280 e. The number of fused-ring (bicyclic) bond motifs is 1. The van der Waals surface area contributed by atoms with Gasteiger partial charge in [-0.1, -0.05) is 0 Å². The standard InChI is InChI=1S/C14H22N6O/c1-10-11-12(21)19(14(2,3)4)9-16-20(11)13(17-10)18-7-5-15-6-8-18/h9,15H,5-8H2,1-4H3. The molecule has 0 aliphatic carbocycles. The van der Waals surface area contributed by atoms with Crippen LogP contribution in [0.25, 0.3) is 5.52 Å². The zero-order chi connectivity index (χ0) is 15.2. The van der Waals surface area contributed by atoms with Crippen LogP contribution in [0.4, 0.5) is 5.95 Å². The number of hydrogen-bond acceptors (Lipinski definition) is 5. The third-order valence-corrected chi connectivity index (χ3v) is 3.84. The molecule has 0 saturated carbocycles. The molecule has 2 aromatic rings. The van der Waals surface area contributed by atoms with E-state index in [0.717, 1.165) is 37.8 Å². The first kappa shape index (κ1) is 14.1. The molecule has 7 heteroatoms. The van der Waals surface area contributed by atoms with Gasteiger partial charge in [-0.3, -0.25) is 9.36 Å². The van der Waals surface area contributed by atoms with E-state index in [1.165, 1.54) is 0 Å². The molecule has 0 bridgehead atoms. The lowest BCUT2D eigenvalue weighted by Crippen LogP contribution is -2.44. The largest absolute Gasteiger partial charge is 0.338 e. The van der Waals surface area contributed by atoms with Gasteiger partial charge in [0.05, 0.1) is 5.69 Å². The molecule has 1 N–H and O–H groups in total. The highest BCUT2D eigenvalue weighted by atomic mass is 16.1. The maximum absolute atomic E-state index is 12.7. The Morgan fingerprint density at radius 3 is 2.52 bits per heavy atom. The van der Waals surface area contributed by atoms with Gasteiger partial charge in [-0.25, -0.2) is 4.98 Å². The highest BCUT2D eigenvalue weighted by Crippen LogP contribution is 2.18. The minimum Gasteiger partial charge on any atom is -0.338 e. The van der Waals surface area contributed by atoms with Gasteiger partial charge in [-0.15, -0.1) is 0 Å². The smallest absolute Gasteiger partial charge is 0.280 e. The van der Waals surface area contributed by atoms with Crippen LogP contribution in [0.3, 0.4) is 0 Å². The van der Waals surface area contributed by atoms with Crippen LogP contribution in [0.5, 0.6) is 0 Å². The van der Waals surface area contributed by atoms with E-state index in [4.69, 9.17) is 0 Å². The normalized spacial score (nSPS) is 16.7. The summed E-state index contributed by atoms with van der Waals surface area (Å²) >= 11 is 0. The van der Waals surface area contributed by atoms with E-state index in [-0.39, 0.29) is 11.1 Å². The predicted molar refractivity (Wildman–Crippen MR) is 82.1 cm³/mol. The quantitative estimate of drug-likeness (QED) is 0.821. The van der Waals surface area contributed by atoms with Crippen molar-refractivity contribution in [1.29, 1.82) is 0 Å². The number of aryl methyl sites for hydroxylation is 1. The molecular formula is C14H22N6O. The predicted octanol–water partition coefficient (Wildman–Crippen LogP) is 0.364. The second kappa shape index (κ2) is 4.84. The van der Waals surface area contributed by atoms with Crippen molar-refractivity contribution in [2.24, 2.45) is 0 Å². The highest BCUT2D eigenvalue weighted by molar-refractivity contribution is 5.56. The lowest BCUT2D eigenvalue weighted by molar-refractivity contribution is 0.376. The number of aromatic nitrogens is 4. The number of anilines is 1. The van der Waals surface area contributed by atoms with E-state index in [0.29, 0.717) is 5.52 Å². The van der Waals surface area contributed by atoms with Gasteiger partial charge in [0.15, 0.2) is 5.52 Å². The summed E-state index contributed by atoms with van der Waals surface area (Å²) < 4.78 is 3.35. The first-order chi connectivity index (χ1) is 9.89. The molecule has 3 heterocycles. The molecule has 0 unspecified atom stereocenters. The molecule has 3 rings (SSSR count). The van der Waals surface area contributed by atoms with Gasteiger partial charge >= 0.3 is 0 Å². The van der Waals surface area contributed by atoms with Crippen LogP contribution in [-0.2, 0) is 5.54 Å². The van der Waals surface area contributed by atoms with Crippen LogP contribution in [0, 0.1) is 6.92 Å². The van der Waals surface area contributed by atoms with Crippen molar-refractivity contribution in [1.82, 2.24) is 24.5 Å². The summed E-state index contributed by atoms with van der Waals surface area (Å²) in [6, 6.07) is 0. The first-order valence-electron chi connectivity index (χ1n) is 7.33. The fraction of sp³-hybridized carbons (Fsp3) is 0.643. The van der Waals surface area contributed by atoms with Crippen molar-refractivity contribution in [3.63, 3.8) is 0 Å². The van der Waals surface area contributed by atoms with Crippen molar-refractivity contribution in [2.75, 3.05) is 31.1 Å². The van der Waals surface area contributed by atoms with E-state index >= 15 is 0 Å². The van der Waals surface area contributed by atoms with Crippen molar-refractivity contribution in [2.45, 2.75) is 33.2 Å². The van der Waals surface area contributed by atoms with Crippen LogP contribution in [0.1, 0.15) is 26.5 Å². The van der Waals surface area contributed by atoms with Crippen LogP contribution < -0.4 is 15.8 Å². The summed E-state index contributed by atoms with van der Waals surface area (Å²) in [6.45, 7) is 11.5. The Bertz CT molecular complexity index is 717. The fourth-order valence-electron chi connectivity index (χ4n) is 2.68. The number of rotatable bonds is 1. The average Bonchev–Trinajstić information content (AvgIpc) is 2.77. The number of nitrogens with zero attached hydrogens (tertiary/aromatic N) is 5. The van der Waals surface area contributed by atoms with E-state index < -0.39 is 0 Å². The molecule has 0 amide bonds. The fourth-order valence-corrected chi connectivity index (χ4v) is 2.68. The monoisotopic (exact) mass is 290 g/mol. The van der Waals surface area contributed by atoms with Crippen LogP contribution >= 0.6 is 0 Å². The van der Waals surface area contributed by atoms with Gasteiger partial charge in [0.2, 0.25) is 5.95 Å². The highest BCUT2D eigenvalue weighted by Gasteiger charge is 2.23. The van der Waals surface area contributed by atoms with E-state index in [1.54, 1.807) is 15.4 Å². The van der Waals surface area contributed by atoms with Gasteiger partial charge < -0.3 is 10.2 Å². The topological polar surface area (TPSA) is 67.5 Å². The minimum absolute atomic E-state index is 0.0381. The van der Waals surface area contributed by atoms with Crippen molar-refractivity contribution >= 4 is 11.5 Å². The molecule has 2 aromatic heterocycles. The summed E-state index contributed by atoms with van der Waals surface area (Å²) in [5.41, 5.74) is 0.974. The van der Waals surface area contributed by atoms with E-state index in [1.807, 2.05) is 27.7 Å². The molecule has 0 radical (unpaired) electrons. The molecule has 114 valence electrons. The molecule has 1 aliphatic rings. The third-order valence-electron chi connectivity index (χ3n) is 3.84. The maximum atomic E-state index is 12.7. The minimum atomic E-state index is -0.294. The molecule has 1 saturated heterocycles. The molecule has 0 atom stereocenters. The molecule has 0 spiro atoms. The Kier molecular flexibility index (Phi) is 3.24. The summed E-state index contributed by atoms with van der Waals surface area (Å²) in [4.78, 5) is 19.5. The summed E-state index contributed by atoms with van der Waals surface area (Å²) in [5, 5.41) is 7.77. The van der Waals surface area contributed by atoms with Gasteiger partial charge in [0.1, 0.15) is 6.33 Å². The second-order valence-corrected chi connectivity index (χ2v) is 6.47. The molecular weight excluding hydrogens is 268 g/mol. The first-order valence-corrected chi connectivity index (χ1v) is 7.33. The Morgan fingerprint density at radius 1 is 1.24 bits per heavy atom. The van der Waals surface area contributed by atoms with E-state index in [2.05, 4.69) is 20.3 Å². The van der Waals surface area contributed by atoms with Crippen LogP contribution in [-0.4, -0.2) is 45.3 Å². The third kappa shape index (κ3) is 2.31. The van der Waals surface area contributed by atoms with Crippen molar-refractivity contribution in [3.05, 3.63) is 22.4 Å². The average molecular weight is 290 g/mol. The Morgan fingerprint density at radius 2 is 1.90 bits per heavy atom. The lowest BCUT2D eigenvalue weighted by Gasteiger charge is -2.27. The van der Waals surface area contributed by atoms with Gasteiger partial charge in [0, 0.05) is 31.7 Å². The second-order valence-electron chi connectivity index (χ2n) is 6.47.